The molecule has 0 amide bonds. The summed E-state index contributed by atoms with van der Waals surface area (Å²) in [6, 6.07) is 0. The van der Waals surface area contributed by atoms with Crippen LogP contribution in [0.4, 0.5) is 0 Å². The highest BCUT2D eigenvalue weighted by atomic mass is 127. The normalized spacial score (nSPS) is 15.9. The third-order valence-corrected chi connectivity index (χ3v) is 9.24. The smallest absolute Gasteiger partial charge is 0.0684 e. The van der Waals surface area contributed by atoms with E-state index in [1.165, 1.54) is 0 Å². The van der Waals surface area contributed by atoms with Gasteiger partial charge in [0.25, 0.3) is 0 Å². The van der Waals surface area contributed by atoms with Gasteiger partial charge >= 0.3 is 0 Å². The van der Waals surface area contributed by atoms with Crippen LogP contribution < -0.4 is 0 Å². The molecule has 0 bridgehead atoms. The van der Waals surface area contributed by atoms with Gasteiger partial charge in [-0.2, -0.15) is 0 Å². The van der Waals surface area contributed by atoms with Crippen LogP contribution in [-0.4, -0.2) is 80.6 Å². The Morgan fingerprint density at radius 2 is 0.758 bits per heavy atom. The van der Waals surface area contributed by atoms with Crippen LogP contribution in [0.2, 0.25) is 0 Å². The zero-order valence-electron chi connectivity index (χ0n) is 22.4. The lowest BCUT2D eigenvalue weighted by atomic mass is 10.2. The van der Waals surface area contributed by atoms with Crippen LogP contribution in [0.1, 0.15) is 76.2 Å². The molecule has 0 heterocycles. The van der Waals surface area contributed by atoms with Crippen LogP contribution in [0.25, 0.3) is 0 Å². The lowest BCUT2D eigenvalue weighted by Gasteiger charge is -2.45. The van der Waals surface area contributed by atoms with Crippen molar-refractivity contribution in [3.05, 3.63) is 0 Å². The van der Waals surface area contributed by atoms with Crippen LogP contribution in [0, 0.1) is 0 Å². The number of halogens is 6. The van der Waals surface area contributed by atoms with Gasteiger partial charge in [0.1, 0.15) is 0 Å². The lowest BCUT2D eigenvalue weighted by molar-refractivity contribution is 0.0925. The van der Waals surface area contributed by atoms with E-state index in [4.69, 9.17) is 0 Å². The number of alkyl halides is 6. The maximum Gasteiger partial charge on any atom is 0.0684 e. The number of hydrogen-bond acceptors (Lipinski definition) is 4. The van der Waals surface area contributed by atoms with Crippen molar-refractivity contribution in [2.75, 3.05) is 39.3 Å². The molecular formula is C23H46I6N4. The summed E-state index contributed by atoms with van der Waals surface area (Å²) >= 11 is 15.5. The summed E-state index contributed by atoms with van der Waals surface area (Å²) in [6.45, 7) is 32.1. The molecule has 0 saturated carbocycles. The number of nitrogens with zero attached hydrogens (tertiary/aromatic N) is 4. The second-order valence-corrected chi connectivity index (χ2v) is 26.0. The Balaban J connectivity index is 5.67. The van der Waals surface area contributed by atoms with Crippen molar-refractivity contribution in [2.45, 2.75) is 97.9 Å². The third-order valence-electron chi connectivity index (χ3n) is 5.62. The van der Waals surface area contributed by atoms with E-state index in [0.717, 1.165) is 39.3 Å². The first kappa shape index (κ1) is 37.2. The summed E-state index contributed by atoms with van der Waals surface area (Å²) in [5, 5.41) is 0. The van der Waals surface area contributed by atoms with E-state index in [1.807, 2.05) is 0 Å². The molecule has 1 unspecified atom stereocenters. The molecule has 0 spiro atoms. The molecule has 0 radical (unpaired) electrons. The molecule has 0 aliphatic heterocycles. The Kier molecular flexibility index (Phi) is 16.6. The Hall–Kier alpha value is 4.22. The van der Waals surface area contributed by atoms with Gasteiger partial charge in [-0.05, 0) is 76.2 Å². The summed E-state index contributed by atoms with van der Waals surface area (Å²) in [5.41, 5.74) is 0. The van der Waals surface area contributed by atoms with Crippen molar-refractivity contribution in [3.8, 4) is 0 Å². The predicted octanol–water partition coefficient (Wildman–Crippen LogP) is 8.83. The SMILES string of the molecule is CC(I)N(CCN(CCN(C(C)(C)I)C(C)(C)I)CCN(C(C)(C)I)C(C)(C)I)C(C)(C)I. The zero-order chi connectivity index (χ0) is 26.6. The summed E-state index contributed by atoms with van der Waals surface area (Å²) in [4.78, 5) is 10.6. The number of hydrogen-bond donors (Lipinski definition) is 0. The van der Waals surface area contributed by atoms with Gasteiger partial charge in [0, 0.05) is 39.3 Å². The van der Waals surface area contributed by atoms with Crippen molar-refractivity contribution < 1.29 is 0 Å². The first-order chi connectivity index (χ1) is 14.4. The largest absolute Gasteiger partial charge is 0.300 e. The van der Waals surface area contributed by atoms with E-state index in [0.29, 0.717) is 4.05 Å². The van der Waals surface area contributed by atoms with Crippen molar-refractivity contribution >= 4 is 136 Å². The van der Waals surface area contributed by atoms with E-state index < -0.39 is 0 Å². The average molecular weight is 1140 g/mol. The number of rotatable bonds is 15. The second kappa shape index (κ2) is 14.7. The molecule has 0 rings (SSSR count). The molecule has 10 heteroatoms. The Morgan fingerprint density at radius 3 is 0.970 bits per heavy atom. The molecule has 0 aromatic carbocycles. The fourth-order valence-electron chi connectivity index (χ4n) is 4.26. The van der Waals surface area contributed by atoms with Crippen LogP contribution >= 0.6 is 136 Å². The minimum atomic E-state index is 0.113. The molecule has 33 heavy (non-hydrogen) atoms. The van der Waals surface area contributed by atoms with Gasteiger partial charge in [-0.1, -0.05) is 136 Å². The molecule has 0 fully saturated rings. The standard InChI is InChI=1S/C23H46I6N4/c1-18(24)31(19(2,3)25)15-12-30(13-16-32(20(4,5)26)21(6,7)27)14-17-33(22(8,9)28)23(10,11)29/h18H,12-17H2,1-11H3. The van der Waals surface area contributed by atoms with E-state index >= 15 is 0 Å². The molecule has 0 aliphatic rings. The van der Waals surface area contributed by atoms with Crippen molar-refractivity contribution in [3.63, 3.8) is 0 Å². The topological polar surface area (TPSA) is 13.0 Å². The van der Waals surface area contributed by atoms with Crippen molar-refractivity contribution in [1.29, 1.82) is 0 Å². The minimum Gasteiger partial charge on any atom is -0.300 e. The third kappa shape index (κ3) is 15.0. The van der Waals surface area contributed by atoms with Gasteiger partial charge in [0.2, 0.25) is 0 Å². The summed E-state index contributed by atoms with van der Waals surface area (Å²) in [7, 11) is 0. The van der Waals surface area contributed by atoms with E-state index in [2.05, 4.69) is 231 Å². The molecule has 0 saturated heterocycles. The van der Waals surface area contributed by atoms with Gasteiger partial charge in [-0.25, -0.2) is 0 Å². The second-order valence-electron chi connectivity index (χ2n) is 11.0. The van der Waals surface area contributed by atoms with Crippen LogP contribution in [0.5, 0.6) is 0 Å². The van der Waals surface area contributed by atoms with Crippen molar-refractivity contribution in [1.82, 2.24) is 19.6 Å². The Labute approximate surface area is 287 Å². The maximum atomic E-state index is 2.70. The van der Waals surface area contributed by atoms with Crippen LogP contribution in [-0.2, 0) is 0 Å². The highest BCUT2D eigenvalue weighted by Crippen LogP contribution is 2.36. The first-order valence-electron chi connectivity index (χ1n) is 11.5. The predicted molar refractivity (Wildman–Crippen MR) is 201 cm³/mol. The molecule has 0 aliphatic carbocycles. The minimum absolute atomic E-state index is 0.113. The molecule has 4 nitrogen and oxygen atoms in total. The molecule has 200 valence electrons. The van der Waals surface area contributed by atoms with Crippen LogP contribution in [0.3, 0.4) is 0 Å². The van der Waals surface area contributed by atoms with Crippen molar-refractivity contribution in [2.24, 2.45) is 0 Å². The average Bonchev–Trinajstić information content (AvgIpc) is 2.47. The molecule has 0 aromatic heterocycles. The van der Waals surface area contributed by atoms with Gasteiger partial charge in [0.15, 0.2) is 0 Å². The molecule has 1 atom stereocenters. The molecule has 0 N–H and O–H groups in total. The van der Waals surface area contributed by atoms with E-state index in [-0.39, 0.29) is 17.7 Å². The highest BCUT2D eigenvalue weighted by Gasteiger charge is 2.36. The summed E-state index contributed by atoms with van der Waals surface area (Å²) < 4.78 is 1.10. The van der Waals surface area contributed by atoms with Gasteiger partial charge in [0.05, 0.1) is 21.8 Å². The monoisotopic (exact) mass is 1140 g/mol. The molecular weight excluding hydrogens is 1090 g/mol. The zero-order valence-corrected chi connectivity index (χ0v) is 35.3. The summed E-state index contributed by atoms with van der Waals surface area (Å²) in [6.07, 6.45) is 0. The van der Waals surface area contributed by atoms with Gasteiger partial charge in [-0.3, -0.25) is 19.6 Å². The Morgan fingerprint density at radius 1 is 0.485 bits per heavy atom. The lowest BCUT2D eigenvalue weighted by Crippen LogP contribution is -2.55. The van der Waals surface area contributed by atoms with Gasteiger partial charge < -0.3 is 0 Å². The highest BCUT2D eigenvalue weighted by molar-refractivity contribution is 14.1. The summed E-state index contributed by atoms with van der Waals surface area (Å²) in [5.74, 6) is 0. The molecule has 0 aromatic rings. The van der Waals surface area contributed by atoms with Gasteiger partial charge in [-0.15, -0.1) is 0 Å². The quantitative estimate of drug-likeness (QED) is 0.0925. The Bertz CT molecular complexity index is 504. The van der Waals surface area contributed by atoms with Crippen LogP contribution in [0.15, 0.2) is 0 Å². The fraction of sp³-hybridized carbons (Fsp3) is 1.00. The van der Waals surface area contributed by atoms with E-state index in [9.17, 15) is 0 Å². The van der Waals surface area contributed by atoms with E-state index in [1.54, 1.807) is 0 Å². The first-order valence-corrected chi connectivity index (χ1v) is 18.2. The fourth-order valence-corrected chi connectivity index (χ4v) is 10.7. The maximum absolute atomic E-state index is 2.70.